The summed E-state index contributed by atoms with van der Waals surface area (Å²) in [5, 5.41) is 12.8. The maximum atomic E-state index is 10.5. The summed E-state index contributed by atoms with van der Waals surface area (Å²) in [6.45, 7) is 4.62. The number of H-pyrrole nitrogens is 1. The molecule has 3 heterocycles. The number of aliphatic hydroxyl groups is 1. The van der Waals surface area contributed by atoms with Gasteiger partial charge in [0, 0.05) is 67.1 Å². The van der Waals surface area contributed by atoms with E-state index >= 15 is 0 Å². The Bertz CT molecular complexity index is 1130. The lowest BCUT2D eigenvalue weighted by Crippen LogP contribution is -2.49. The zero-order chi connectivity index (χ0) is 20.3. The molecule has 0 radical (unpaired) electrons. The van der Waals surface area contributed by atoms with Crippen molar-refractivity contribution in [1.82, 2.24) is 14.9 Å². The van der Waals surface area contributed by atoms with E-state index in [0.717, 1.165) is 48.3 Å². The Labute approximate surface area is 175 Å². The van der Waals surface area contributed by atoms with Crippen LogP contribution in [0.25, 0.3) is 21.8 Å². The molecule has 2 aromatic heterocycles. The Kier molecular flexibility index (Phi) is 5.26. The number of nitrogens with zero attached hydrogens (tertiary/aromatic N) is 3. The fourth-order valence-electron chi connectivity index (χ4n) is 4.25. The van der Waals surface area contributed by atoms with Gasteiger partial charge in [-0.15, -0.1) is 0 Å². The Morgan fingerprint density at radius 3 is 2.73 bits per heavy atom. The second-order valence-corrected chi connectivity index (χ2v) is 7.79. The molecule has 4 aromatic rings. The molecule has 30 heavy (non-hydrogen) atoms. The first-order valence-corrected chi connectivity index (χ1v) is 10.5. The van der Waals surface area contributed by atoms with E-state index in [4.69, 9.17) is 4.74 Å². The van der Waals surface area contributed by atoms with Crippen LogP contribution in [0.5, 0.6) is 5.75 Å². The second-order valence-electron chi connectivity index (χ2n) is 7.79. The monoisotopic (exact) mass is 402 g/mol. The van der Waals surface area contributed by atoms with Crippen LogP contribution < -0.4 is 9.64 Å². The summed E-state index contributed by atoms with van der Waals surface area (Å²) in [6.07, 6.45) is 3.27. The number of ether oxygens (including phenoxy) is 1. The highest BCUT2D eigenvalue weighted by Gasteiger charge is 2.21. The van der Waals surface area contributed by atoms with Gasteiger partial charge in [-0.2, -0.15) is 0 Å². The zero-order valence-corrected chi connectivity index (χ0v) is 16.9. The topological polar surface area (TPSA) is 64.6 Å². The van der Waals surface area contributed by atoms with Gasteiger partial charge in [-0.3, -0.25) is 9.88 Å². The molecular weight excluding hydrogens is 376 g/mol. The number of hydrogen-bond donors (Lipinski definition) is 2. The van der Waals surface area contributed by atoms with Gasteiger partial charge in [0.2, 0.25) is 0 Å². The third kappa shape index (κ3) is 3.84. The molecule has 0 saturated carbocycles. The van der Waals surface area contributed by atoms with Crippen LogP contribution in [0.1, 0.15) is 0 Å². The third-order valence-electron chi connectivity index (χ3n) is 5.79. The maximum Gasteiger partial charge on any atom is 0.128 e. The molecule has 2 N–H and O–H groups in total. The summed E-state index contributed by atoms with van der Waals surface area (Å²) in [5.74, 6) is 0.808. The van der Waals surface area contributed by atoms with Gasteiger partial charge in [0.25, 0.3) is 0 Å². The molecular formula is C24H26N4O2. The van der Waals surface area contributed by atoms with Gasteiger partial charge in [0.1, 0.15) is 18.5 Å². The summed E-state index contributed by atoms with van der Waals surface area (Å²) in [7, 11) is 0. The van der Waals surface area contributed by atoms with Gasteiger partial charge in [-0.05, 0) is 30.3 Å². The Morgan fingerprint density at radius 2 is 1.83 bits per heavy atom. The Balaban J connectivity index is 1.16. The number of aromatic nitrogens is 2. The Hall–Kier alpha value is -3.09. The fraction of sp³-hybridized carbons (Fsp3) is 0.292. The summed E-state index contributed by atoms with van der Waals surface area (Å²) in [6, 6.07) is 18.3. The Morgan fingerprint density at radius 1 is 0.967 bits per heavy atom. The van der Waals surface area contributed by atoms with Gasteiger partial charge in [0.15, 0.2) is 0 Å². The molecule has 1 aliphatic heterocycles. The highest BCUT2D eigenvalue weighted by atomic mass is 16.5. The number of rotatable bonds is 6. The molecule has 0 unspecified atom stereocenters. The van der Waals surface area contributed by atoms with Gasteiger partial charge in [-0.25, -0.2) is 0 Å². The second kappa shape index (κ2) is 8.34. The zero-order valence-electron chi connectivity index (χ0n) is 16.9. The molecule has 6 heteroatoms. The average Bonchev–Trinajstić information content (AvgIpc) is 3.27. The number of fused-ring (bicyclic) bond motifs is 2. The highest BCUT2D eigenvalue weighted by Crippen LogP contribution is 2.26. The van der Waals surface area contributed by atoms with Crippen molar-refractivity contribution in [3.63, 3.8) is 0 Å². The van der Waals surface area contributed by atoms with Gasteiger partial charge < -0.3 is 19.7 Å². The van der Waals surface area contributed by atoms with Gasteiger partial charge in [0.05, 0.1) is 5.52 Å². The minimum atomic E-state index is -0.521. The van der Waals surface area contributed by atoms with Crippen molar-refractivity contribution in [2.75, 3.05) is 44.2 Å². The normalized spacial score (nSPS) is 16.2. The van der Waals surface area contributed by atoms with Crippen molar-refractivity contribution in [1.29, 1.82) is 0 Å². The summed E-state index contributed by atoms with van der Waals surface area (Å²) in [5.41, 5.74) is 3.31. The number of anilines is 1. The number of hydrogen-bond acceptors (Lipinski definition) is 5. The summed E-state index contributed by atoms with van der Waals surface area (Å²) >= 11 is 0. The van der Waals surface area contributed by atoms with E-state index in [2.05, 4.69) is 44.0 Å². The van der Waals surface area contributed by atoms with E-state index in [-0.39, 0.29) is 0 Å². The van der Waals surface area contributed by atoms with Crippen LogP contribution in [0, 0.1) is 0 Å². The fourth-order valence-corrected chi connectivity index (χ4v) is 4.25. The van der Waals surface area contributed by atoms with Crippen molar-refractivity contribution in [3.8, 4) is 5.75 Å². The largest absolute Gasteiger partial charge is 0.490 e. The van der Waals surface area contributed by atoms with Crippen molar-refractivity contribution < 1.29 is 9.84 Å². The standard InChI is InChI=1S/C24H26N4O2/c29-18(17-30-24-7-3-6-22-20(24)8-10-25-22)16-27-12-14-28(15-13-27)23-9-11-26-21-5-2-1-4-19(21)23/h1-11,18,25,29H,12-17H2/t18-/m0/s1. The number of pyridine rings is 1. The number of nitrogens with one attached hydrogen (secondary N) is 1. The van der Waals surface area contributed by atoms with Crippen LogP contribution in [-0.4, -0.2) is 65.4 Å². The van der Waals surface area contributed by atoms with Crippen molar-refractivity contribution >= 4 is 27.5 Å². The molecule has 1 saturated heterocycles. The van der Waals surface area contributed by atoms with Gasteiger partial charge in [-0.1, -0.05) is 24.3 Å². The smallest absolute Gasteiger partial charge is 0.128 e. The lowest BCUT2D eigenvalue weighted by Gasteiger charge is -2.37. The molecule has 5 rings (SSSR count). The minimum absolute atomic E-state index is 0.291. The van der Waals surface area contributed by atoms with Crippen LogP contribution in [0.3, 0.4) is 0 Å². The highest BCUT2D eigenvalue weighted by molar-refractivity contribution is 5.91. The van der Waals surface area contributed by atoms with Crippen molar-refractivity contribution in [2.45, 2.75) is 6.10 Å². The number of para-hydroxylation sites is 1. The first-order chi connectivity index (χ1) is 14.8. The summed E-state index contributed by atoms with van der Waals surface area (Å²) in [4.78, 5) is 12.4. The number of piperazine rings is 1. The number of aliphatic hydroxyl groups excluding tert-OH is 1. The maximum absolute atomic E-state index is 10.5. The van der Waals surface area contributed by atoms with E-state index < -0.39 is 6.10 Å². The van der Waals surface area contributed by atoms with E-state index in [0.29, 0.717) is 13.2 Å². The molecule has 0 amide bonds. The lowest BCUT2D eigenvalue weighted by atomic mass is 10.1. The van der Waals surface area contributed by atoms with Crippen molar-refractivity contribution in [3.05, 3.63) is 67.0 Å². The molecule has 0 spiro atoms. The minimum Gasteiger partial charge on any atom is -0.490 e. The lowest BCUT2D eigenvalue weighted by molar-refractivity contribution is 0.0668. The predicted octanol–water partition coefficient (Wildman–Crippen LogP) is 3.28. The van der Waals surface area contributed by atoms with Gasteiger partial charge >= 0.3 is 0 Å². The van der Waals surface area contributed by atoms with Crippen LogP contribution in [0.15, 0.2) is 67.0 Å². The first-order valence-electron chi connectivity index (χ1n) is 10.5. The van der Waals surface area contributed by atoms with E-state index in [1.54, 1.807) is 0 Å². The SMILES string of the molecule is O[C@H](COc1cccc2[nH]ccc12)CN1CCN(c2ccnc3ccccc23)CC1. The van der Waals surface area contributed by atoms with Crippen molar-refractivity contribution in [2.24, 2.45) is 0 Å². The molecule has 1 fully saturated rings. The number of β-amino-alcohol motifs (C(OH)–C–C–N with tert-alkyl or cyclic N) is 1. The molecule has 1 atom stereocenters. The summed E-state index contributed by atoms with van der Waals surface area (Å²) < 4.78 is 5.91. The first kappa shape index (κ1) is 18.9. The molecule has 154 valence electrons. The van der Waals surface area contributed by atoms with Crippen LogP contribution in [0.4, 0.5) is 5.69 Å². The van der Waals surface area contributed by atoms with E-state index in [1.807, 2.05) is 42.7 Å². The molecule has 0 aliphatic carbocycles. The predicted molar refractivity (Wildman–Crippen MR) is 120 cm³/mol. The molecule has 2 aromatic carbocycles. The molecule has 6 nitrogen and oxygen atoms in total. The van der Waals surface area contributed by atoms with E-state index in [1.165, 1.54) is 11.1 Å². The quantitative estimate of drug-likeness (QED) is 0.518. The van der Waals surface area contributed by atoms with Crippen LogP contribution in [-0.2, 0) is 0 Å². The van der Waals surface area contributed by atoms with E-state index in [9.17, 15) is 5.11 Å². The van der Waals surface area contributed by atoms with Crippen LogP contribution in [0.2, 0.25) is 0 Å². The number of benzene rings is 2. The third-order valence-corrected chi connectivity index (χ3v) is 5.79. The number of aromatic amines is 1. The molecule has 0 bridgehead atoms. The average molecular weight is 402 g/mol. The molecule has 1 aliphatic rings. The van der Waals surface area contributed by atoms with Crippen LogP contribution >= 0.6 is 0 Å².